The van der Waals surface area contributed by atoms with Crippen molar-refractivity contribution in [2.75, 3.05) is 6.61 Å². The summed E-state index contributed by atoms with van der Waals surface area (Å²) in [4.78, 5) is 23.0. The average molecular weight is 330 g/mol. The normalized spacial score (nSPS) is 12.9. The first-order valence-corrected chi connectivity index (χ1v) is 6.30. The zero-order chi connectivity index (χ0) is 13.8. The maximum Gasteiger partial charge on any atom is 0.322 e. The molecule has 1 atom stereocenters. The molecule has 0 radical (unpaired) electrons. The minimum absolute atomic E-state index is 0.423. The SMILES string of the molecule is O=C(Cl)C(C(=O)OCC(Cl)(Cl)Cl)c1ccccc1. The second-order valence-corrected chi connectivity index (χ2v) is 6.26. The first-order chi connectivity index (χ1) is 8.31. The van der Waals surface area contributed by atoms with Crippen molar-refractivity contribution in [3.63, 3.8) is 0 Å². The van der Waals surface area contributed by atoms with Gasteiger partial charge in [-0.3, -0.25) is 9.59 Å². The van der Waals surface area contributed by atoms with Crippen LogP contribution in [0.4, 0.5) is 0 Å². The van der Waals surface area contributed by atoms with Gasteiger partial charge in [0.1, 0.15) is 6.61 Å². The number of ether oxygens (including phenoxy) is 1. The number of esters is 1. The van der Waals surface area contributed by atoms with Gasteiger partial charge < -0.3 is 4.74 Å². The fourth-order valence-electron chi connectivity index (χ4n) is 1.24. The Morgan fingerprint density at radius 2 is 1.72 bits per heavy atom. The van der Waals surface area contributed by atoms with Gasteiger partial charge in [-0.05, 0) is 17.2 Å². The van der Waals surface area contributed by atoms with E-state index in [-0.39, 0.29) is 0 Å². The summed E-state index contributed by atoms with van der Waals surface area (Å²) in [7, 11) is 0. The largest absolute Gasteiger partial charge is 0.460 e. The Bertz CT molecular complexity index is 428. The van der Waals surface area contributed by atoms with Crippen LogP contribution in [-0.4, -0.2) is 21.6 Å². The molecule has 7 heteroatoms. The van der Waals surface area contributed by atoms with Crippen LogP contribution in [0.2, 0.25) is 0 Å². The van der Waals surface area contributed by atoms with E-state index in [1.54, 1.807) is 30.3 Å². The molecule has 0 spiro atoms. The lowest BCUT2D eigenvalue weighted by molar-refractivity contribution is -0.146. The molecule has 0 saturated carbocycles. The Balaban J connectivity index is 2.81. The van der Waals surface area contributed by atoms with Crippen LogP contribution in [0.15, 0.2) is 30.3 Å². The van der Waals surface area contributed by atoms with E-state index in [1.807, 2.05) is 0 Å². The van der Waals surface area contributed by atoms with E-state index < -0.39 is 27.5 Å². The Morgan fingerprint density at radius 3 is 2.17 bits per heavy atom. The Morgan fingerprint density at radius 1 is 1.17 bits per heavy atom. The maximum absolute atomic E-state index is 11.7. The number of hydrogen-bond acceptors (Lipinski definition) is 3. The molecule has 1 rings (SSSR count). The third-order valence-corrected chi connectivity index (χ3v) is 2.52. The molecule has 0 amide bonds. The van der Waals surface area contributed by atoms with Crippen molar-refractivity contribution in [1.82, 2.24) is 0 Å². The highest BCUT2D eigenvalue weighted by atomic mass is 35.6. The summed E-state index contributed by atoms with van der Waals surface area (Å²) >= 11 is 21.7. The molecule has 3 nitrogen and oxygen atoms in total. The number of carbonyl (C=O) groups excluding carboxylic acids is 2. The molecule has 0 aromatic heterocycles. The first-order valence-electron chi connectivity index (χ1n) is 4.79. The number of hydrogen-bond donors (Lipinski definition) is 0. The molecule has 0 bridgehead atoms. The van der Waals surface area contributed by atoms with Gasteiger partial charge in [0.25, 0.3) is 0 Å². The lowest BCUT2D eigenvalue weighted by atomic mass is 10.0. The molecular weight excluding hydrogens is 322 g/mol. The number of alkyl halides is 3. The lowest BCUT2D eigenvalue weighted by Crippen LogP contribution is -2.25. The van der Waals surface area contributed by atoms with E-state index in [1.165, 1.54) is 0 Å². The molecule has 0 aliphatic carbocycles. The Labute approximate surface area is 124 Å². The molecule has 0 saturated heterocycles. The number of benzene rings is 1. The monoisotopic (exact) mass is 328 g/mol. The van der Waals surface area contributed by atoms with Gasteiger partial charge in [-0.1, -0.05) is 65.1 Å². The van der Waals surface area contributed by atoms with Gasteiger partial charge in [-0.25, -0.2) is 0 Å². The fraction of sp³-hybridized carbons (Fsp3) is 0.273. The van der Waals surface area contributed by atoms with Crippen LogP contribution in [0, 0.1) is 0 Å². The number of halogens is 4. The van der Waals surface area contributed by atoms with Gasteiger partial charge in [0, 0.05) is 0 Å². The summed E-state index contributed by atoms with van der Waals surface area (Å²) in [6, 6.07) is 8.25. The van der Waals surface area contributed by atoms with Gasteiger partial charge in [-0.2, -0.15) is 0 Å². The maximum atomic E-state index is 11.7. The van der Waals surface area contributed by atoms with Crippen molar-refractivity contribution in [3.05, 3.63) is 35.9 Å². The van der Waals surface area contributed by atoms with Gasteiger partial charge in [0.2, 0.25) is 9.03 Å². The van der Waals surface area contributed by atoms with E-state index in [0.717, 1.165) is 0 Å². The van der Waals surface area contributed by atoms with Gasteiger partial charge >= 0.3 is 5.97 Å². The molecule has 98 valence electrons. The molecule has 0 aliphatic heterocycles. The van der Waals surface area contributed by atoms with E-state index in [4.69, 9.17) is 51.1 Å². The third-order valence-electron chi connectivity index (χ3n) is 1.97. The molecule has 0 heterocycles. The van der Waals surface area contributed by atoms with E-state index >= 15 is 0 Å². The molecule has 18 heavy (non-hydrogen) atoms. The van der Waals surface area contributed by atoms with Crippen molar-refractivity contribution in [2.24, 2.45) is 0 Å². The van der Waals surface area contributed by atoms with Crippen LogP contribution >= 0.6 is 46.4 Å². The molecule has 0 aliphatic rings. The Hall–Kier alpha value is -0.480. The lowest BCUT2D eigenvalue weighted by Gasteiger charge is -2.15. The smallest absolute Gasteiger partial charge is 0.322 e. The quantitative estimate of drug-likeness (QED) is 0.368. The molecular formula is C11H8Cl4O3. The number of rotatable bonds is 4. The van der Waals surface area contributed by atoms with Crippen molar-refractivity contribution in [2.45, 2.75) is 9.71 Å². The molecule has 1 unspecified atom stereocenters. The minimum atomic E-state index is -1.73. The number of carbonyl (C=O) groups is 2. The summed E-state index contributed by atoms with van der Waals surface area (Å²) < 4.78 is 3.01. The van der Waals surface area contributed by atoms with Crippen molar-refractivity contribution >= 4 is 57.6 Å². The average Bonchev–Trinajstić information content (AvgIpc) is 2.26. The standard InChI is InChI=1S/C11H8Cl4O3/c12-9(16)8(7-4-2-1-3-5-7)10(17)18-6-11(13,14)15/h1-5,8H,6H2. The molecule has 1 aromatic carbocycles. The van der Waals surface area contributed by atoms with Crippen LogP contribution in [-0.2, 0) is 14.3 Å². The predicted octanol–water partition coefficient (Wildman–Crippen LogP) is 3.45. The van der Waals surface area contributed by atoms with Gasteiger partial charge in [0.05, 0.1) is 0 Å². The second-order valence-electron chi connectivity index (χ2n) is 3.37. The zero-order valence-electron chi connectivity index (χ0n) is 8.91. The molecule has 1 aromatic rings. The fourth-order valence-corrected chi connectivity index (χ4v) is 1.62. The second kappa shape index (κ2) is 6.62. The van der Waals surface area contributed by atoms with E-state index in [2.05, 4.69) is 0 Å². The predicted molar refractivity (Wildman–Crippen MR) is 71.3 cm³/mol. The summed E-state index contributed by atoms with van der Waals surface area (Å²) in [6.45, 7) is -0.454. The molecule has 0 N–H and O–H groups in total. The van der Waals surface area contributed by atoms with Crippen LogP contribution in [0.25, 0.3) is 0 Å². The highest BCUT2D eigenvalue weighted by molar-refractivity contribution is 6.68. The summed E-state index contributed by atoms with van der Waals surface area (Å²) in [6.07, 6.45) is 0. The first kappa shape index (κ1) is 15.6. The molecule has 0 fully saturated rings. The topological polar surface area (TPSA) is 43.4 Å². The third kappa shape index (κ3) is 5.02. The highest BCUT2D eigenvalue weighted by Crippen LogP contribution is 2.27. The Kier molecular flexibility index (Phi) is 5.73. The van der Waals surface area contributed by atoms with Gasteiger partial charge in [0.15, 0.2) is 5.92 Å². The van der Waals surface area contributed by atoms with Crippen molar-refractivity contribution in [1.29, 1.82) is 0 Å². The zero-order valence-corrected chi connectivity index (χ0v) is 11.9. The summed E-state index contributed by atoms with van der Waals surface area (Å²) in [5.74, 6) is -2.08. The van der Waals surface area contributed by atoms with Gasteiger partial charge in [-0.15, -0.1) is 0 Å². The van der Waals surface area contributed by atoms with Crippen LogP contribution in [0.1, 0.15) is 11.5 Å². The summed E-state index contributed by atoms with van der Waals surface area (Å²) in [5.41, 5.74) is 0.423. The van der Waals surface area contributed by atoms with E-state index in [0.29, 0.717) is 5.56 Å². The van der Waals surface area contributed by atoms with Crippen molar-refractivity contribution < 1.29 is 14.3 Å². The summed E-state index contributed by atoms with van der Waals surface area (Å²) in [5, 5.41) is -0.851. The minimum Gasteiger partial charge on any atom is -0.460 e. The van der Waals surface area contributed by atoms with Crippen LogP contribution in [0.3, 0.4) is 0 Å². The van der Waals surface area contributed by atoms with Crippen LogP contribution in [0.5, 0.6) is 0 Å². The van der Waals surface area contributed by atoms with E-state index in [9.17, 15) is 9.59 Å². The van der Waals surface area contributed by atoms with Crippen LogP contribution < -0.4 is 0 Å². The highest BCUT2D eigenvalue weighted by Gasteiger charge is 2.31. The van der Waals surface area contributed by atoms with Crippen molar-refractivity contribution in [3.8, 4) is 0 Å².